The Morgan fingerprint density at radius 1 is 1.05 bits per heavy atom. The Balaban J connectivity index is 2.28. The molecule has 0 aliphatic rings. The van der Waals surface area contributed by atoms with E-state index in [9.17, 15) is 0 Å². The minimum Gasteiger partial charge on any atom is -0.313 e. The molecule has 106 valence electrons. The van der Waals surface area contributed by atoms with Crippen LogP contribution in [-0.4, -0.2) is 7.05 Å². The molecular formula is C15H13BrCl3N. The first-order chi connectivity index (χ1) is 9.51. The van der Waals surface area contributed by atoms with Crippen molar-refractivity contribution in [2.45, 2.75) is 12.5 Å². The van der Waals surface area contributed by atoms with Crippen LogP contribution in [0.2, 0.25) is 15.1 Å². The summed E-state index contributed by atoms with van der Waals surface area (Å²) >= 11 is 21.6. The van der Waals surface area contributed by atoms with Crippen molar-refractivity contribution in [3.8, 4) is 0 Å². The van der Waals surface area contributed by atoms with E-state index in [2.05, 4.69) is 21.2 Å². The quantitative estimate of drug-likeness (QED) is 0.681. The number of nitrogens with one attached hydrogen (secondary N) is 1. The molecule has 0 aliphatic heterocycles. The van der Waals surface area contributed by atoms with E-state index < -0.39 is 0 Å². The second-order valence-electron chi connectivity index (χ2n) is 4.46. The van der Waals surface area contributed by atoms with Crippen LogP contribution in [0, 0.1) is 0 Å². The van der Waals surface area contributed by atoms with Crippen molar-refractivity contribution >= 4 is 50.7 Å². The summed E-state index contributed by atoms with van der Waals surface area (Å²) in [5, 5.41) is 5.17. The first-order valence-electron chi connectivity index (χ1n) is 6.07. The Hall–Kier alpha value is -0.250. The summed E-state index contributed by atoms with van der Waals surface area (Å²) in [5.74, 6) is 0. The van der Waals surface area contributed by atoms with Gasteiger partial charge in [0, 0.05) is 15.5 Å². The molecule has 2 aromatic carbocycles. The first kappa shape index (κ1) is 16.1. The van der Waals surface area contributed by atoms with Crippen molar-refractivity contribution in [2.75, 3.05) is 7.05 Å². The number of rotatable bonds is 4. The molecule has 0 amide bonds. The maximum Gasteiger partial charge on any atom is 0.0595 e. The molecular weight excluding hydrogens is 380 g/mol. The SMILES string of the molecule is CNC(Cc1ccc(Cl)c(Cl)c1)c1cc(Cl)ccc1Br. The van der Waals surface area contributed by atoms with Crippen molar-refractivity contribution < 1.29 is 0 Å². The zero-order valence-corrected chi connectivity index (χ0v) is 14.6. The fourth-order valence-electron chi connectivity index (χ4n) is 2.05. The Bertz CT molecular complexity index is 616. The van der Waals surface area contributed by atoms with Gasteiger partial charge in [-0.3, -0.25) is 0 Å². The largest absolute Gasteiger partial charge is 0.313 e. The van der Waals surface area contributed by atoms with Crippen LogP contribution in [-0.2, 0) is 6.42 Å². The predicted molar refractivity (Wildman–Crippen MR) is 91.1 cm³/mol. The van der Waals surface area contributed by atoms with E-state index >= 15 is 0 Å². The smallest absolute Gasteiger partial charge is 0.0595 e. The topological polar surface area (TPSA) is 12.0 Å². The van der Waals surface area contributed by atoms with Gasteiger partial charge >= 0.3 is 0 Å². The van der Waals surface area contributed by atoms with Gasteiger partial charge in [-0.25, -0.2) is 0 Å². The molecule has 0 saturated carbocycles. The van der Waals surface area contributed by atoms with Crippen LogP contribution < -0.4 is 5.32 Å². The molecule has 0 saturated heterocycles. The van der Waals surface area contributed by atoms with E-state index in [-0.39, 0.29) is 6.04 Å². The summed E-state index contributed by atoms with van der Waals surface area (Å²) in [4.78, 5) is 0. The van der Waals surface area contributed by atoms with E-state index in [1.807, 2.05) is 43.4 Å². The van der Waals surface area contributed by atoms with Crippen LogP contribution in [0.5, 0.6) is 0 Å². The highest BCUT2D eigenvalue weighted by atomic mass is 79.9. The fourth-order valence-corrected chi connectivity index (χ4v) is 3.08. The van der Waals surface area contributed by atoms with E-state index in [1.54, 1.807) is 0 Å². The Morgan fingerprint density at radius 3 is 2.45 bits per heavy atom. The maximum absolute atomic E-state index is 6.08. The Labute approximate surface area is 142 Å². The molecule has 0 spiro atoms. The molecule has 2 aromatic rings. The minimum atomic E-state index is 0.139. The van der Waals surface area contributed by atoms with E-state index in [4.69, 9.17) is 34.8 Å². The van der Waals surface area contributed by atoms with Crippen molar-refractivity contribution in [3.05, 3.63) is 67.1 Å². The maximum atomic E-state index is 6.08. The van der Waals surface area contributed by atoms with Crippen molar-refractivity contribution in [1.82, 2.24) is 5.32 Å². The molecule has 0 fully saturated rings. The van der Waals surface area contributed by atoms with Crippen LogP contribution in [0.25, 0.3) is 0 Å². The van der Waals surface area contributed by atoms with Gasteiger partial charge in [0.15, 0.2) is 0 Å². The normalized spacial score (nSPS) is 12.4. The summed E-state index contributed by atoms with van der Waals surface area (Å²) in [6, 6.07) is 11.6. The zero-order valence-electron chi connectivity index (χ0n) is 10.8. The van der Waals surface area contributed by atoms with Crippen molar-refractivity contribution in [2.24, 2.45) is 0 Å². The highest BCUT2D eigenvalue weighted by molar-refractivity contribution is 9.10. The molecule has 0 heterocycles. The van der Waals surface area contributed by atoms with Crippen molar-refractivity contribution in [3.63, 3.8) is 0 Å². The lowest BCUT2D eigenvalue weighted by Gasteiger charge is -2.19. The summed E-state index contributed by atoms with van der Waals surface area (Å²) in [6.45, 7) is 0. The summed E-state index contributed by atoms with van der Waals surface area (Å²) in [5.41, 5.74) is 2.23. The first-order valence-corrected chi connectivity index (χ1v) is 8.00. The molecule has 1 unspecified atom stereocenters. The number of benzene rings is 2. The monoisotopic (exact) mass is 391 g/mol. The highest BCUT2D eigenvalue weighted by Crippen LogP contribution is 2.30. The van der Waals surface area contributed by atoms with E-state index in [0.717, 1.165) is 27.0 Å². The third-order valence-corrected chi connectivity index (χ3v) is 4.80. The Kier molecular flexibility index (Phi) is 5.76. The lowest BCUT2D eigenvalue weighted by molar-refractivity contribution is 0.590. The molecule has 0 aromatic heterocycles. The van der Waals surface area contributed by atoms with Crippen LogP contribution in [0.15, 0.2) is 40.9 Å². The van der Waals surface area contributed by atoms with Crippen LogP contribution in [0.1, 0.15) is 17.2 Å². The molecule has 1 atom stereocenters. The number of likely N-dealkylation sites (N-methyl/N-ethyl adjacent to an activating group) is 1. The lowest BCUT2D eigenvalue weighted by Crippen LogP contribution is -2.19. The minimum absolute atomic E-state index is 0.139. The van der Waals surface area contributed by atoms with Gasteiger partial charge in [0.25, 0.3) is 0 Å². The molecule has 5 heteroatoms. The molecule has 0 bridgehead atoms. The number of hydrogen-bond donors (Lipinski definition) is 1. The van der Waals surface area contributed by atoms with Crippen molar-refractivity contribution in [1.29, 1.82) is 0 Å². The second kappa shape index (κ2) is 7.15. The van der Waals surface area contributed by atoms with Gasteiger partial charge < -0.3 is 5.32 Å². The average molecular weight is 394 g/mol. The van der Waals surface area contributed by atoms with Gasteiger partial charge in [-0.1, -0.05) is 56.8 Å². The number of halogens is 4. The third kappa shape index (κ3) is 3.90. The average Bonchev–Trinajstić information content (AvgIpc) is 2.43. The molecule has 0 radical (unpaired) electrons. The summed E-state index contributed by atoms with van der Waals surface area (Å²) in [6.07, 6.45) is 0.798. The van der Waals surface area contributed by atoms with Crippen LogP contribution in [0.3, 0.4) is 0 Å². The second-order valence-corrected chi connectivity index (χ2v) is 6.56. The van der Waals surface area contributed by atoms with Gasteiger partial charge in [-0.05, 0) is 54.9 Å². The molecule has 0 aliphatic carbocycles. The standard InChI is InChI=1S/C15H13BrCl3N/c1-20-15(11-8-10(17)3-4-12(11)16)7-9-2-5-13(18)14(19)6-9/h2-6,8,15,20H,7H2,1H3. The van der Waals surface area contributed by atoms with Gasteiger partial charge in [0.1, 0.15) is 0 Å². The molecule has 1 N–H and O–H groups in total. The molecule has 2 rings (SSSR count). The summed E-state index contributed by atoms with van der Waals surface area (Å²) in [7, 11) is 1.93. The van der Waals surface area contributed by atoms with E-state index in [0.29, 0.717) is 10.0 Å². The predicted octanol–water partition coefficient (Wildman–Crippen LogP) is 5.91. The van der Waals surface area contributed by atoms with Crippen LogP contribution >= 0.6 is 50.7 Å². The fraction of sp³-hybridized carbons (Fsp3) is 0.200. The summed E-state index contributed by atoms with van der Waals surface area (Å²) < 4.78 is 1.03. The molecule has 20 heavy (non-hydrogen) atoms. The molecule has 1 nitrogen and oxygen atoms in total. The van der Waals surface area contributed by atoms with Gasteiger partial charge in [-0.15, -0.1) is 0 Å². The Morgan fingerprint density at radius 2 is 1.80 bits per heavy atom. The zero-order chi connectivity index (χ0) is 14.7. The van der Waals surface area contributed by atoms with Gasteiger partial charge in [-0.2, -0.15) is 0 Å². The van der Waals surface area contributed by atoms with E-state index in [1.165, 1.54) is 0 Å². The van der Waals surface area contributed by atoms with Gasteiger partial charge in [0.2, 0.25) is 0 Å². The number of hydrogen-bond acceptors (Lipinski definition) is 1. The highest BCUT2D eigenvalue weighted by Gasteiger charge is 2.14. The van der Waals surface area contributed by atoms with Crippen LogP contribution in [0.4, 0.5) is 0 Å². The third-order valence-electron chi connectivity index (χ3n) is 3.11. The van der Waals surface area contributed by atoms with Gasteiger partial charge in [0.05, 0.1) is 10.0 Å². The lowest BCUT2D eigenvalue weighted by atomic mass is 9.99.